The van der Waals surface area contributed by atoms with Gasteiger partial charge >= 0.3 is 11.9 Å². The van der Waals surface area contributed by atoms with E-state index in [1.807, 2.05) is 42.7 Å². The highest BCUT2D eigenvalue weighted by molar-refractivity contribution is 7.20. The van der Waals surface area contributed by atoms with E-state index >= 15 is 0 Å². The van der Waals surface area contributed by atoms with Gasteiger partial charge in [-0.2, -0.15) is 0 Å². The number of thiophene rings is 1. The molecule has 1 aromatic carbocycles. The predicted molar refractivity (Wildman–Crippen MR) is 107 cm³/mol. The summed E-state index contributed by atoms with van der Waals surface area (Å²) >= 11 is 1.34. The summed E-state index contributed by atoms with van der Waals surface area (Å²) in [6.45, 7) is 3.78. The van der Waals surface area contributed by atoms with E-state index < -0.39 is 5.97 Å². The zero-order valence-corrected chi connectivity index (χ0v) is 16.8. The van der Waals surface area contributed by atoms with Crippen LogP contribution in [0.15, 0.2) is 36.4 Å². The monoisotopic (exact) mass is 399 g/mol. The average Bonchev–Trinajstić information content (AvgIpc) is 3.25. The molecule has 28 heavy (non-hydrogen) atoms. The molecule has 0 bridgehead atoms. The fourth-order valence-electron chi connectivity index (χ4n) is 3.10. The number of ether oxygens (including phenoxy) is 2. The van der Waals surface area contributed by atoms with Gasteiger partial charge in [-0.15, -0.1) is 11.3 Å². The summed E-state index contributed by atoms with van der Waals surface area (Å²) in [7, 11) is 1.34. The minimum Gasteiger partial charge on any atom is -0.469 e. The van der Waals surface area contributed by atoms with Gasteiger partial charge in [-0.05, 0) is 37.4 Å². The maximum atomic E-state index is 12.6. The molecule has 146 valence electrons. The molecule has 2 heterocycles. The SMILES string of the molecule is COC(=O)CCn1c(C)cc(C(=O)COC(=O)c2cc3ccccc3s2)c1C. The van der Waals surface area contributed by atoms with E-state index in [0.29, 0.717) is 17.0 Å². The molecule has 0 atom stereocenters. The zero-order valence-electron chi connectivity index (χ0n) is 16.0. The third-order valence-electron chi connectivity index (χ3n) is 4.60. The van der Waals surface area contributed by atoms with E-state index in [1.54, 1.807) is 12.1 Å². The van der Waals surface area contributed by atoms with Crippen molar-refractivity contribution < 1.29 is 23.9 Å². The molecule has 0 radical (unpaired) electrons. The normalized spacial score (nSPS) is 10.8. The van der Waals surface area contributed by atoms with Crippen molar-refractivity contribution in [3.05, 3.63) is 58.2 Å². The van der Waals surface area contributed by atoms with Gasteiger partial charge < -0.3 is 14.0 Å². The summed E-state index contributed by atoms with van der Waals surface area (Å²) in [5.74, 6) is -1.08. The highest BCUT2D eigenvalue weighted by atomic mass is 32.1. The highest BCUT2D eigenvalue weighted by Crippen LogP contribution is 2.26. The van der Waals surface area contributed by atoms with E-state index in [4.69, 9.17) is 4.74 Å². The van der Waals surface area contributed by atoms with Gasteiger partial charge in [-0.25, -0.2) is 4.79 Å². The molecule has 0 spiro atoms. The number of benzene rings is 1. The topological polar surface area (TPSA) is 74.6 Å². The van der Waals surface area contributed by atoms with Crippen LogP contribution in [0.1, 0.15) is 37.8 Å². The molecule has 2 aromatic heterocycles. The van der Waals surface area contributed by atoms with Crippen LogP contribution in [0.3, 0.4) is 0 Å². The minimum absolute atomic E-state index is 0.224. The molecule has 0 aliphatic rings. The standard InChI is InChI=1S/C21H21NO5S/c1-13-10-16(14(2)22(13)9-8-20(24)26-3)17(23)12-27-21(25)19-11-15-6-4-5-7-18(15)28-19/h4-7,10-11H,8-9,12H2,1-3H3. The highest BCUT2D eigenvalue weighted by Gasteiger charge is 2.19. The van der Waals surface area contributed by atoms with E-state index in [0.717, 1.165) is 21.5 Å². The first kappa shape index (κ1) is 19.8. The predicted octanol–water partition coefficient (Wildman–Crippen LogP) is 3.92. The molecule has 0 unspecified atom stereocenters. The average molecular weight is 399 g/mol. The number of rotatable bonds is 7. The molecule has 3 rings (SSSR count). The number of nitrogens with zero attached hydrogens (tertiary/aromatic N) is 1. The lowest BCUT2D eigenvalue weighted by Crippen LogP contribution is -2.15. The number of aryl methyl sites for hydroxylation is 1. The Morgan fingerprint density at radius 3 is 2.57 bits per heavy atom. The van der Waals surface area contributed by atoms with Crippen LogP contribution in [-0.2, 0) is 20.8 Å². The van der Waals surface area contributed by atoms with Crippen LogP contribution in [0.25, 0.3) is 10.1 Å². The van der Waals surface area contributed by atoms with Crippen molar-refractivity contribution in [1.29, 1.82) is 0 Å². The molecule has 0 aliphatic carbocycles. The van der Waals surface area contributed by atoms with Crippen molar-refractivity contribution >= 4 is 39.1 Å². The van der Waals surface area contributed by atoms with Gasteiger partial charge in [0.25, 0.3) is 0 Å². The van der Waals surface area contributed by atoms with Gasteiger partial charge in [0, 0.05) is 28.2 Å². The number of Topliss-reactive ketones (excluding diaryl/α,β-unsaturated/α-hetero) is 1. The second kappa shape index (κ2) is 8.39. The van der Waals surface area contributed by atoms with Crippen molar-refractivity contribution in [3.63, 3.8) is 0 Å². The fourth-order valence-corrected chi connectivity index (χ4v) is 4.05. The Labute approximate surface area is 166 Å². The molecule has 0 fully saturated rings. The smallest absolute Gasteiger partial charge is 0.348 e. The zero-order chi connectivity index (χ0) is 20.3. The van der Waals surface area contributed by atoms with Crippen molar-refractivity contribution in [2.45, 2.75) is 26.8 Å². The Morgan fingerprint density at radius 2 is 1.86 bits per heavy atom. The van der Waals surface area contributed by atoms with Crippen LogP contribution >= 0.6 is 11.3 Å². The number of ketones is 1. The Bertz CT molecular complexity index is 1010. The minimum atomic E-state index is -0.506. The number of aromatic nitrogens is 1. The summed E-state index contributed by atoms with van der Waals surface area (Å²) < 4.78 is 12.8. The van der Waals surface area contributed by atoms with Crippen molar-refractivity contribution in [1.82, 2.24) is 4.57 Å². The number of fused-ring (bicyclic) bond motifs is 1. The molecule has 0 saturated heterocycles. The first-order valence-corrected chi connectivity index (χ1v) is 9.64. The molecule has 0 amide bonds. The quantitative estimate of drug-likeness (QED) is 0.445. The lowest BCUT2D eigenvalue weighted by molar-refractivity contribution is -0.140. The second-order valence-electron chi connectivity index (χ2n) is 6.41. The van der Waals surface area contributed by atoms with Crippen molar-refractivity contribution in [2.75, 3.05) is 13.7 Å². The Hall–Kier alpha value is -2.93. The Kier molecular flexibility index (Phi) is 5.94. The maximum Gasteiger partial charge on any atom is 0.348 e. The van der Waals surface area contributed by atoms with E-state index in [9.17, 15) is 14.4 Å². The van der Waals surface area contributed by atoms with Gasteiger partial charge in [-0.1, -0.05) is 18.2 Å². The van der Waals surface area contributed by atoms with E-state index in [-0.39, 0.29) is 24.8 Å². The molecule has 6 nitrogen and oxygen atoms in total. The molecule has 0 N–H and O–H groups in total. The number of hydrogen-bond acceptors (Lipinski definition) is 6. The van der Waals surface area contributed by atoms with Crippen LogP contribution in [0.2, 0.25) is 0 Å². The van der Waals surface area contributed by atoms with Gasteiger partial charge in [0.15, 0.2) is 6.61 Å². The van der Waals surface area contributed by atoms with Gasteiger partial charge in [0.05, 0.1) is 13.5 Å². The number of methoxy groups -OCH3 is 1. The molecule has 0 aliphatic heterocycles. The summed E-state index contributed by atoms with van der Waals surface area (Å²) in [5, 5.41) is 0.972. The molecule has 3 aromatic rings. The molecular formula is C21H21NO5S. The van der Waals surface area contributed by atoms with E-state index in [1.165, 1.54) is 18.4 Å². The Balaban J connectivity index is 1.66. The third kappa shape index (κ3) is 4.14. The first-order valence-electron chi connectivity index (χ1n) is 8.83. The largest absolute Gasteiger partial charge is 0.469 e. The lowest BCUT2D eigenvalue weighted by atomic mass is 10.1. The first-order chi connectivity index (χ1) is 13.4. The maximum absolute atomic E-state index is 12.6. The molecule has 7 heteroatoms. The van der Waals surface area contributed by atoms with Gasteiger partial charge in [-0.3, -0.25) is 9.59 Å². The fraction of sp³-hybridized carbons (Fsp3) is 0.286. The van der Waals surface area contributed by atoms with Crippen LogP contribution < -0.4 is 0 Å². The number of carbonyl (C=O) groups is 3. The van der Waals surface area contributed by atoms with Crippen molar-refractivity contribution in [3.8, 4) is 0 Å². The van der Waals surface area contributed by atoms with Crippen LogP contribution in [0.5, 0.6) is 0 Å². The van der Waals surface area contributed by atoms with Crippen molar-refractivity contribution in [2.24, 2.45) is 0 Å². The second-order valence-corrected chi connectivity index (χ2v) is 7.49. The lowest BCUT2D eigenvalue weighted by Gasteiger charge is -2.09. The number of hydrogen-bond donors (Lipinski definition) is 0. The summed E-state index contributed by atoms with van der Waals surface area (Å²) in [4.78, 5) is 36.7. The van der Waals surface area contributed by atoms with E-state index in [2.05, 4.69) is 4.74 Å². The Morgan fingerprint density at radius 1 is 1.11 bits per heavy atom. The van der Waals surface area contributed by atoms with Gasteiger partial charge in [0.1, 0.15) is 4.88 Å². The van der Waals surface area contributed by atoms with Crippen LogP contribution in [0.4, 0.5) is 0 Å². The summed E-state index contributed by atoms with van der Waals surface area (Å²) in [5.41, 5.74) is 2.09. The summed E-state index contributed by atoms with van der Waals surface area (Å²) in [6, 6.07) is 11.2. The van der Waals surface area contributed by atoms with Gasteiger partial charge in [0.2, 0.25) is 5.78 Å². The molecular weight excluding hydrogens is 378 g/mol. The number of esters is 2. The summed E-state index contributed by atoms with van der Waals surface area (Å²) in [6.07, 6.45) is 0.224. The van der Waals surface area contributed by atoms with Crippen LogP contribution in [0, 0.1) is 13.8 Å². The molecule has 0 saturated carbocycles. The number of carbonyl (C=O) groups excluding carboxylic acids is 3. The third-order valence-corrected chi connectivity index (χ3v) is 5.70. The van der Waals surface area contributed by atoms with Crippen LogP contribution in [-0.4, -0.2) is 36.0 Å².